The first-order valence-corrected chi connectivity index (χ1v) is 13.2. The van der Waals surface area contributed by atoms with E-state index in [0.717, 1.165) is 66.6 Å². The number of carbonyl (C=O) groups excluding carboxylic acids is 1. The number of carbonyl (C=O) groups is 3. The fourth-order valence-corrected chi connectivity index (χ4v) is 4.33. The van der Waals surface area contributed by atoms with E-state index in [9.17, 15) is 31.1 Å². The number of aliphatic carboxylic acids is 2. The smallest absolute Gasteiger partial charge is 0.475 e. The van der Waals surface area contributed by atoms with Gasteiger partial charge in [-0.3, -0.25) is 4.98 Å². The van der Waals surface area contributed by atoms with E-state index in [1.165, 1.54) is 0 Å². The average molecular weight is 631 g/mol. The topological polar surface area (TPSA) is 149 Å². The Kier molecular flexibility index (Phi) is 10.9. The number of aryl methyl sites for hydroxylation is 1. The summed E-state index contributed by atoms with van der Waals surface area (Å²) in [6.45, 7) is 5.23. The molecule has 2 aromatic heterocycles. The lowest BCUT2D eigenvalue weighted by molar-refractivity contribution is -0.193. The van der Waals surface area contributed by atoms with Crippen LogP contribution in [0.25, 0.3) is 22.0 Å². The monoisotopic (exact) mass is 630 g/mol. The van der Waals surface area contributed by atoms with Crippen LogP contribution in [0.3, 0.4) is 0 Å². The van der Waals surface area contributed by atoms with Crippen molar-refractivity contribution in [2.45, 2.75) is 44.6 Å². The summed E-state index contributed by atoms with van der Waals surface area (Å²) >= 11 is 0. The zero-order chi connectivity index (χ0) is 32.7. The van der Waals surface area contributed by atoms with Gasteiger partial charge < -0.3 is 25.3 Å². The molecule has 2 saturated heterocycles. The molecule has 3 N–H and O–H groups in total. The Hall–Kier alpha value is -4.70. The summed E-state index contributed by atoms with van der Waals surface area (Å²) in [4.78, 5) is 48.1. The summed E-state index contributed by atoms with van der Waals surface area (Å²) in [5, 5.41) is 18.7. The number of fused-ring (bicyclic) bond motifs is 1. The number of halogens is 6. The molecule has 5 rings (SSSR count). The molecular weight excluding hydrogens is 602 g/mol. The highest BCUT2D eigenvalue weighted by Gasteiger charge is 2.39. The van der Waals surface area contributed by atoms with E-state index in [1.807, 2.05) is 47.3 Å². The van der Waals surface area contributed by atoms with Gasteiger partial charge in [0.1, 0.15) is 0 Å². The van der Waals surface area contributed by atoms with Gasteiger partial charge in [-0.2, -0.15) is 26.3 Å². The van der Waals surface area contributed by atoms with Crippen LogP contribution in [0.5, 0.6) is 0 Å². The number of urea groups is 1. The number of hydrogen-bond donors (Lipinski definition) is 3. The Morgan fingerprint density at radius 3 is 2.02 bits per heavy atom. The van der Waals surface area contributed by atoms with E-state index in [-0.39, 0.29) is 12.1 Å². The lowest BCUT2D eigenvalue weighted by Gasteiger charge is -2.24. The normalized spacial score (nSPS) is 16.5. The summed E-state index contributed by atoms with van der Waals surface area (Å²) in [5.41, 5.74) is 3.98. The Bertz CT molecular complexity index is 1440. The van der Waals surface area contributed by atoms with Crippen molar-refractivity contribution in [1.29, 1.82) is 0 Å². The van der Waals surface area contributed by atoms with Gasteiger partial charge in [0.25, 0.3) is 0 Å². The standard InChI is InChI=1S/C23H26N6O.2C2HF3O2/c1-16-7-8-17(13-24-16)20-6-4-5-18-14-25-22(27-21(18)20)26-19-9-12-29(15-19)23(30)28-10-2-3-11-28;2*3-2(4,5)1(6)7/h4-8,13-14,19H,2-3,9-12,15H2,1H3,(H,25,26,27);2*(H,6,7). The molecular formula is C27H28F6N6O5. The molecule has 1 unspecified atom stereocenters. The van der Waals surface area contributed by atoms with Crippen molar-refractivity contribution in [3.8, 4) is 11.1 Å². The molecule has 44 heavy (non-hydrogen) atoms. The van der Waals surface area contributed by atoms with Gasteiger partial charge in [-0.1, -0.05) is 24.3 Å². The molecule has 0 saturated carbocycles. The zero-order valence-electron chi connectivity index (χ0n) is 23.2. The van der Waals surface area contributed by atoms with Crippen molar-refractivity contribution in [1.82, 2.24) is 24.8 Å². The molecule has 2 aliphatic rings. The highest BCUT2D eigenvalue weighted by Crippen LogP contribution is 2.28. The fraction of sp³-hybridized carbons (Fsp3) is 0.407. The van der Waals surface area contributed by atoms with E-state index in [2.05, 4.69) is 27.4 Å². The lowest BCUT2D eigenvalue weighted by Crippen LogP contribution is -2.41. The molecule has 2 fully saturated rings. The van der Waals surface area contributed by atoms with E-state index in [0.29, 0.717) is 12.5 Å². The Balaban J connectivity index is 0.000000317. The number of aromatic nitrogens is 3. The Morgan fingerprint density at radius 2 is 1.48 bits per heavy atom. The van der Waals surface area contributed by atoms with Crippen LogP contribution in [0.4, 0.5) is 37.1 Å². The molecule has 0 spiro atoms. The van der Waals surface area contributed by atoms with Crippen LogP contribution in [0.2, 0.25) is 0 Å². The number of rotatable bonds is 3. The van der Waals surface area contributed by atoms with Gasteiger partial charge in [0, 0.05) is 66.8 Å². The van der Waals surface area contributed by atoms with Crippen LogP contribution < -0.4 is 5.32 Å². The van der Waals surface area contributed by atoms with Gasteiger partial charge in [0.15, 0.2) is 0 Å². The molecule has 2 aliphatic heterocycles. The van der Waals surface area contributed by atoms with Crippen LogP contribution in [0.15, 0.2) is 42.7 Å². The molecule has 2 amide bonds. The van der Waals surface area contributed by atoms with E-state index in [1.54, 1.807) is 0 Å². The first kappa shape index (κ1) is 33.8. The fourth-order valence-electron chi connectivity index (χ4n) is 4.33. The maximum Gasteiger partial charge on any atom is 0.490 e. The highest BCUT2D eigenvalue weighted by atomic mass is 19.4. The predicted molar refractivity (Wildman–Crippen MR) is 145 cm³/mol. The van der Waals surface area contributed by atoms with Crippen LogP contribution in [-0.4, -0.2) is 97.5 Å². The van der Waals surface area contributed by atoms with Crippen molar-refractivity contribution < 1.29 is 50.9 Å². The molecule has 0 bridgehead atoms. The van der Waals surface area contributed by atoms with Crippen molar-refractivity contribution in [3.63, 3.8) is 0 Å². The van der Waals surface area contributed by atoms with E-state index < -0.39 is 24.3 Å². The SMILES string of the molecule is Cc1ccc(-c2cccc3cnc(NC4CCN(C(=O)N5CCCC5)C4)nc23)cn1.O=C(O)C(F)(F)F.O=C(O)C(F)(F)F. The van der Waals surface area contributed by atoms with Gasteiger partial charge in [-0.15, -0.1) is 0 Å². The second kappa shape index (κ2) is 14.2. The van der Waals surface area contributed by atoms with Gasteiger partial charge in [0.05, 0.1) is 5.52 Å². The number of para-hydroxylation sites is 1. The summed E-state index contributed by atoms with van der Waals surface area (Å²) in [6.07, 6.45) is -3.28. The molecule has 0 radical (unpaired) electrons. The quantitative estimate of drug-likeness (QED) is 0.341. The molecule has 1 aromatic carbocycles. The first-order chi connectivity index (χ1) is 20.6. The van der Waals surface area contributed by atoms with Crippen LogP contribution in [0.1, 0.15) is 25.0 Å². The number of benzene rings is 1. The van der Waals surface area contributed by atoms with Crippen LogP contribution in [-0.2, 0) is 9.59 Å². The van der Waals surface area contributed by atoms with Crippen LogP contribution >= 0.6 is 0 Å². The number of nitrogens with zero attached hydrogens (tertiary/aromatic N) is 5. The third-order valence-electron chi connectivity index (χ3n) is 6.49. The second-order valence-corrected chi connectivity index (χ2v) is 9.78. The average Bonchev–Trinajstić information content (AvgIpc) is 3.66. The second-order valence-electron chi connectivity index (χ2n) is 9.78. The molecule has 238 valence electrons. The number of carboxylic acids is 2. The minimum absolute atomic E-state index is 0.169. The molecule has 17 heteroatoms. The minimum atomic E-state index is -5.08. The molecule has 0 aliphatic carbocycles. The maximum atomic E-state index is 12.6. The van der Waals surface area contributed by atoms with Gasteiger partial charge in [-0.05, 0) is 32.3 Å². The number of nitrogens with one attached hydrogen (secondary N) is 1. The minimum Gasteiger partial charge on any atom is -0.475 e. The molecule has 11 nitrogen and oxygen atoms in total. The number of alkyl halides is 6. The molecule has 3 aromatic rings. The van der Waals surface area contributed by atoms with Crippen molar-refractivity contribution >= 4 is 34.8 Å². The Morgan fingerprint density at radius 1 is 0.864 bits per heavy atom. The van der Waals surface area contributed by atoms with Crippen molar-refractivity contribution in [2.75, 3.05) is 31.5 Å². The molecule has 4 heterocycles. The number of carboxylic acid groups (broad SMARTS) is 2. The van der Waals surface area contributed by atoms with Crippen molar-refractivity contribution in [3.05, 3.63) is 48.4 Å². The summed E-state index contributed by atoms with van der Waals surface area (Å²) in [5.74, 6) is -4.91. The van der Waals surface area contributed by atoms with Gasteiger partial charge in [-0.25, -0.2) is 24.4 Å². The van der Waals surface area contributed by atoms with E-state index >= 15 is 0 Å². The summed E-state index contributed by atoms with van der Waals surface area (Å²) in [7, 11) is 0. The zero-order valence-corrected chi connectivity index (χ0v) is 23.2. The van der Waals surface area contributed by atoms with Gasteiger partial charge >= 0.3 is 30.3 Å². The first-order valence-electron chi connectivity index (χ1n) is 13.2. The van der Waals surface area contributed by atoms with Crippen LogP contribution in [0, 0.1) is 6.92 Å². The number of anilines is 1. The Labute approximate surface area is 246 Å². The third-order valence-corrected chi connectivity index (χ3v) is 6.49. The van der Waals surface area contributed by atoms with Crippen molar-refractivity contribution in [2.24, 2.45) is 0 Å². The summed E-state index contributed by atoms with van der Waals surface area (Å²) in [6, 6.07) is 10.5. The van der Waals surface area contributed by atoms with Gasteiger partial charge in [0.2, 0.25) is 5.95 Å². The third kappa shape index (κ3) is 9.40. The summed E-state index contributed by atoms with van der Waals surface area (Å²) < 4.78 is 63.5. The number of likely N-dealkylation sites (tertiary alicyclic amines) is 2. The largest absolute Gasteiger partial charge is 0.490 e. The number of amides is 2. The number of hydrogen-bond acceptors (Lipinski definition) is 7. The maximum absolute atomic E-state index is 12.6. The number of pyridine rings is 1. The predicted octanol–water partition coefficient (Wildman–Crippen LogP) is 4.97. The van der Waals surface area contributed by atoms with E-state index in [4.69, 9.17) is 24.8 Å². The molecule has 1 atom stereocenters. The lowest BCUT2D eigenvalue weighted by atomic mass is 10.0. The highest BCUT2D eigenvalue weighted by molar-refractivity contribution is 5.93.